The number of anilines is 1. The molecule has 0 radical (unpaired) electrons. The van der Waals surface area contributed by atoms with Crippen molar-refractivity contribution in [1.82, 2.24) is 4.57 Å². The van der Waals surface area contributed by atoms with E-state index in [-0.39, 0.29) is 18.4 Å². The Bertz CT molecular complexity index is 1390. The van der Waals surface area contributed by atoms with Crippen molar-refractivity contribution < 1.29 is 14.3 Å². The lowest BCUT2D eigenvalue weighted by Gasteiger charge is -2.05. The average molecular weight is 442 g/mol. The van der Waals surface area contributed by atoms with Crippen LogP contribution in [-0.2, 0) is 11.3 Å². The Kier molecular flexibility index (Phi) is 6.15. The molecule has 0 spiro atoms. The lowest BCUT2D eigenvalue weighted by Crippen LogP contribution is -2.16. The van der Waals surface area contributed by atoms with Crippen LogP contribution in [0.25, 0.3) is 10.2 Å². The number of hydrogen-bond donors (Lipinski definition) is 1. The highest BCUT2D eigenvalue weighted by Gasteiger charge is 2.10. The van der Waals surface area contributed by atoms with Gasteiger partial charge in [-0.1, -0.05) is 35.5 Å². The highest BCUT2D eigenvalue weighted by Crippen LogP contribution is 2.23. The van der Waals surface area contributed by atoms with Crippen molar-refractivity contribution in [2.75, 3.05) is 5.32 Å². The van der Waals surface area contributed by atoms with Crippen molar-refractivity contribution in [3.05, 3.63) is 83.2 Å². The number of thiazole rings is 1. The second-order valence-electron chi connectivity index (χ2n) is 6.90. The van der Waals surface area contributed by atoms with E-state index >= 15 is 0 Å². The van der Waals surface area contributed by atoms with Gasteiger partial charge in [0.2, 0.25) is 5.91 Å². The fraction of sp³-hybridized carbons (Fsp3) is 0.0800. The van der Waals surface area contributed by atoms with E-state index in [1.165, 1.54) is 18.3 Å². The fourth-order valence-corrected chi connectivity index (χ4v) is 4.19. The molecule has 1 N–H and O–H groups in total. The molecule has 4 rings (SSSR count). The summed E-state index contributed by atoms with van der Waals surface area (Å²) in [4.78, 5) is 28.9. The molecule has 1 heterocycles. The number of fused-ring (bicyclic) bond motifs is 1. The van der Waals surface area contributed by atoms with Gasteiger partial charge in [-0.15, -0.1) is 6.42 Å². The van der Waals surface area contributed by atoms with Crippen molar-refractivity contribution >= 4 is 39.1 Å². The van der Waals surface area contributed by atoms with Crippen LogP contribution in [0.2, 0.25) is 0 Å². The van der Waals surface area contributed by atoms with Gasteiger partial charge in [-0.05, 0) is 54.6 Å². The predicted octanol–water partition coefficient (Wildman–Crippen LogP) is 4.83. The molecular weight excluding hydrogens is 422 g/mol. The third-order valence-corrected chi connectivity index (χ3v) is 5.57. The van der Waals surface area contributed by atoms with Gasteiger partial charge in [0.15, 0.2) is 4.80 Å². The van der Waals surface area contributed by atoms with Gasteiger partial charge in [0.1, 0.15) is 11.5 Å². The highest BCUT2D eigenvalue weighted by molar-refractivity contribution is 7.16. The number of aromatic nitrogens is 1. The molecule has 0 saturated carbocycles. The molecule has 0 bridgehead atoms. The average Bonchev–Trinajstić information content (AvgIpc) is 3.11. The minimum absolute atomic E-state index is 0.155. The third-order valence-electron chi connectivity index (χ3n) is 4.53. The molecule has 0 aliphatic heterocycles. The lowest BCUT2D eigenvalue weighted by molar-refractivity contribution is -0.114. The molecular formula is C25H19N3O3S. The summed E-state index contributed by atoms with van der Waals surface area (Å²) in [6, 6.07) is 21.7. The lowest BCUT2D eigenvalue weighted by atomic mass is 10.2. The second kappa shape index (κ2) is 9.33. The zero-order valence-corrected chi connectivity index (χ0v) is 18.1. The van der Waals surface area contributed by atoms with Crippen LogP contribution in [0.3, 0.4) is 0 Å². The number of rotatable bonds is 5. The van der Waals surface area contributed by atoms with Crippen molar-refractivity contribution in [2.24, 2.45) is 4.99 Å². The standard InChI is InChI=1S/C25H19N3O3S/c1-3-15-28-22-14-11-19(26-17(2)29)16-23(22)32-25(28)27-24(30)18-9-12-21(13-10-18)31-20-7-5-4-6-8-20/h1,4-14,16H,15H2,2H3,(H,26,29). The van der Waals surface area contributed by atoms with E-state index in [0.717, 1.165) is 16.0 Å². The minimum atomic E-state index is -0.379. The molecule has 1 aromatic heterocycles. The van der Waals surface area contributed by atoms with Gasteiger partial charge in [0.25, 0.3) is 5.91 Å². The Hall–Kier alpha value is -4.15. The summed E-state index contributed by atoms with van der Waals surface area (Å²) in [5.74, 6) is 3.42. The SMILES string of the molecule is C#CCn1c(=NC(=O)c2ccc(Oc3ccccc3)cc2)sc2cc(NC(C)=O)ccc21. The van der Waals surface area contributed by atoms with Crippen LogP contribution in [0.1, 0.15) is 17.3 Å². The first-order chi connectivity index (χ1) is 15.5. The summed E-state index contributed by atoms with van der Waals surface area (Å²) in [5.41, 5.74) is 1.96. The van der Waals surface area contributed by atoms with Crippen LogP contribution in [0, 0.1) is 12.3 Å². The predicted molar refractivity (Wildman–Crippen MR) is 126 cm³/mol. The minimum Gasteiger partial charge on any atom is -0.457 e. The number of nitrogens with zero attached hydrogens (tertiary/aromatic N) is 2. The number of terminal acetylenes is 1. The van der Waals surface area contributed by atoms with Gasteiger partial charge in [-0.3, -0.25) is 9.59 Å². The summed E-state index contributed by atoms with van der Waals surface area (Å²) in [6.07, 6.45) is 5.53. The maximum atomic E-state index is 12.8. The Balaban J connectivity index is 1.64. The Morgan fingerprint density at radius 1 is 1.06 bits per heavy atom. The van der Waals surface area contributed by atoms with Gasteiger partial charge in [-0.25, -0.2) is 0 Å². The molecule has 32 heavy (non-hydrogen) atoms. The smallest absolute Gasteiger partial charge is 0.279 e. The van der Waals surface area contributed by atoms with Gasteiger partial charge in [-0.2, -0.15) is 4.99 Å². The zero-order chi connectivity index (χ0) is 22.5. The number of benzene rings is 3. The van der Waals surface area contributed by atoms with Crippen LogP contribution in [0.5, 0.6) is 11.5 Å². The Morgan fingerprint density at radius 3 is 2.47 bits per heavy atom. The normalized spacial score (nSPS) is 11.2. The maximum Gasteiger partial charge on any atom is 0.279 e. The van der Waals surface area contributed by atoms with E-state index in [4.69, 9.17) is 11.2 Å². The van der Waals surface area contributed by atoms with Crippen molar-refractivity contribution in [2.45, 2.75) is 13.5 Å². The Morgan fingerprint density at radius 2 is 1.78 bits per heavy atom. The van der Waals surface area contributed by atoms with E-state index in [9.17, 15) is 9.59 Å². The summed E-state index contributed by atoms with van der Waals surface area (Å²) in [6.45, 7) is 1.72. The molecule has 0 aliphatic carbocycles. The number of para-hydroxylation sites is 1. The van der Waals surface area contributed by atoms with E-state index in [1.807, 2.05) is 47.0 Å². The maximum absolute atomic E-state index is 12.8. The van der Waals surface area contributed by atoms with E-state index in [0.29, 0.717) is 21.8 Å². The number of carbonyl (C=O) groups excluding carboxylic acids is 2. The van der Waals surface area contributed by atoms with E-state index < -0.39 is 0 Å². The van der Waals surface area contributed by atoms with Crippen LogP contribution in [0.15, 0.2) is 77.8 Å². The third kappa shape index (κ3) is 4.77. The van der Waals surface area contributed by atoms with Gasteiger partial charge in [0, 0.05) is 18.2 Å². The first kappa shape index (κ1) is 21.1. The fourth-order valence-electron chi connectivity index (χ4n) is 3.13. The first-order valence-corrected chi connectivity index (χ1v) is 10.6. The monoisotopic (exact) mass is 441 g/mol. The summed E-state index contributed by atoms with van der Waals surface area (Å²) in [5, 5.41) is 2.76. The van der Waals surface area contributed by atoms with E-state index in [1.54, 1.807) is 30.3 Å². The molecule has 0 unspecified atom stereocenters. The first-order valence-electron chi connectivity index (χ1n) is 9.80. The molecule has 0 fully saturated rings. The molecule has 3 aromatic carbocycles. The van der Waals surface area contributed by atoms with E-state index in [2.05, 4.69) is 16.2 Å². The van der Waals surface area contributed by atoms with Crippen LogP contribution in [-0.4, -0.2) is 16.4 Å². The topological polar surface area (TPSA) is 72.7 Å². The molecule has 0 aliphatic rings. The molecule has 158 valence electrons. The number of ether oxygens (including phenoxy) is 1. The molecule has 7 heteroatoms. The molecule has 0 saturated heterocycles. The van der Waals surface area contributed by atoms with Crippen LogP contribution in [0.4, 0.5) is 5.69 Å². The van der Waals surface area contributed by atoms with Crippen LogP contribution >= 0.6 is 11.3 Å². The molecule has 6 nitrogen and oxygen atoms in total. The van der Waals surface area contributed by atoms with Crippen molar-refractivity contribution in [3.63, 3.8) is 0 Å². The number of nitrogens with one attached hydrogen (secondary N) is 1. The number of amides is 2. The van der Waals surface area contributed by atoms with Crippen molar-refractivity contribution in [3.8, 4) is 23.8 Å². The van der Waals surface area contributed by atoms with Crippen molar-refractivity contribution in [1.29, 1.82) is 0 Å². The van der Waals surface area contributed by atoms with Crippen LogP contribution < -0.4 is 14.9 Å². The number of hydrogen-bond acceptors (Lipinski definition) is 4. The zero-order valence-electron chi connectivity index (χ0n) is 17.2. The molecule has 4 aromatic rings. The largest absolute Gasteiger partial charge is 0.457 e. The highest BCUT2D eigenvalue weighted by atomic mass is 32.1. The summed E-state index contributed by atoms with van der Waals surface area (Å²) >= 11 is 1.34. The van der Waals surface area contributed by atoms with Gasteiger partial charge in [0.05, 0.1) is 16.8 Å². The van der Waals surface area contributed by atoms with Gasteiger partial charge < -0.3 is 14.6 Å². The Labute approximate surface area is 188 Å². The summed E-state index contributed by atoms with van der Waals surface area (Å²) in [7, 11) is 0. The summed E-state index contributed by atoms with van der Waals surface area (Å²) < 4.78 is 8.44. The van der Waals surface area contributed by atoms with Gasteiger partial charge >= 0.3 is 0 Å². The number of carbonyl (C=O) groups is 2. The quantitative estimate of drug-likeness (QED) is 0.451. The molecule has 0 atom stereocenters. The molecule has 2 amide bonds. The second-order valence-corrected chi connectivity index (χ2v) is 7.90.